The van der Waals surface area contributed by atoms with Crippen LogP contribution in [0.15, 0.2) is 18.5 Å². The first-order chi connectivity index (χ1) is 7.34. The van der Waals surface area contributed by atoms with Crippen molar-refractivity contribution in [3.05, 3.63) is 24.0 Å². The van der Waals surface area contributed by atoms with Crippen molar-refractivity contribution < 1.29 is 0 Å². The summed E-state index contributed by atoms with van der Waals surface area (Å²) in [5.41, 5.74) is 1.37. The Bertz CT molecular complexity index is 266. The number of aromatic amines is 1. The molecule has 15 heavy (non-hydrogen) atoms. The Balaban J connectivity index is 1.74. The van der Waals surface area contributed by atoms with E-state index < -0.39 is 0 Å². The van der Waals surface area contributed by atoms with E-state index in [4.69, 9.17) is 0 Å². The normalized spacial score (nSPS) is 27.5. The predicted molar refractivity (Wildman–Crippen MR) is 63.7 cm³/mol. The third-order valence-corrected chi connectivity index (χ3v) is 3.51. The number of aromatic nitrogens is 1. The van der Waals surface area contributed by atoms with Crippen LogP contribution in [0.1, 0.15) is 44.6 Å². The zero-order valence-corrected chi connectivity index (χ0v) is 9.63. The first-order valence-corrected chi connectivity index (χ1v) is 6.19. The molecule has 1 fully saturated rings. The highest BCUT2D eigenvalue weighted by Crippen LogP contribution is 2.22. The Kier molecular flexibility index (Phi) is 3.84. The summed E-state index contributed by atoms with van der Waals surface area (Å²) in [6, 6.07) is 2.89. The molecule has 1 aromatic heterocycles. The van der Waals surface area contributed by atoms with Gasteiger partial charge in [0.15, 0.2) is 0 Å². The quantitative estimate of drug-likeness (QED) is 0.731. The Morgan fingerprint density at radius 3 is 3.07 bits per heavy atom. The van der Waals surface area contributed by atoms with Gasteiger partial charge in [0.05, 0.1) is 0 Å². The van der Waals surface area contributed by atoms with E-state index in [1.54, 1.807) is 0 Å². The number of hydrogen-bond acceptors (Lipinski definition) is 1. The van der Waals surface area contributed by atoms with Gasteiger partial charge < -0.3 is 10.3 Å². The lowest BCUT2D eigenvalue weighted by molar-refractivity contribution is 0.447. The maximum Gasteiger partial charge on any atom is 0.0223 e. The minimum absolute atomic E-state index is 0.741. The lowest BCUT2D eigenvalue weighted by atomic mass is 10.0. The minimum Gasteiger partial charge on any atom is -0.367 e. The molecule has 2 rings (SSSR count). The SMILES string of the molecule is CC1CCCC(NCc2cc[nH]c2)CC1. The third kappa shape index (κ3) is 3.38. The summed E-state index contributed by atoms with van der Waals surface area (Å²) in [5, 5.41) is 3.66. The summed E-state index contributed by atoms with van der Waals surface area (Å²) in [4.78, 5) is 3.10. The molecule has 0 bridgehead atoms. The monoisotopic (exact) mass is 206 g/mol. The van der Waals surface area contributed by atoms with Gasteiger partial charge in [0.1, 0.15) is 0 Å². The molecular formula is C13H22N2. The van der Waals surface area contributed by atoms with E-state index in [0.717, 1.165) is 18.5 Å². The van der Waals surface area contributed by atoms with Gasteiger partial charge in [-0.1, -0.05) is 19.8 Å². The number of H-pyrrole nitrogens is 1. The molecule has 0 aliphatic heterocycles. The fourth-order valence-electron chi connectivity index (χ4n) is 2.42. The number of hydrogen-bond donors (Lipinski definition) is 2. The zero-order chi connectivity index (χ0) is 10.5. The van der Waals surface area contributed by atoms with Crippen molar-refractivity contribution in [2.75, 3.05) is 0 Å². The molecule has 1 aliphatic carbocycles. The van der Waals surface area contributed by atoms with Gasteiger partial charge in [0, 0.05) is 25.0 Å². The zero-order valence-electron chi connectivity index (χ0n) is 9.63. The molecule has 2 atom stereocenters. The van der Waals surface area contributed by atoms with Crippen molar-refractivity contribution >= 4 is 0 Å². The highest BCUT2D eigenvalue weighted by Gasteiger charge is 2.15. The summed E-state index contributed by atoms with van der Waals surface area (Å²) in [5.74, 6) is 0.934. The smallest absolute Gasteiger partial charge is 0.0223 e. The Hall–Kier alpha value is -0.760. The van der Waals surface area contributed by atoms with Crippen molar-refractivity contribution in [2.45, 2.75) is 51.6 Å². The van der Waals surface area contributed by atoms with Crippen molar-refractivity contribution in [3.8, 4) is 0 Å². The predicted octanol–water partition coefficient (Wildman–Crippen LogP) is 3.07. The van der Waals surface area contributed by atoms with Crippen molar-refractivity contribution in [2.24, 2.45) is 5.92 Å². The maximum absolute atomic E-state index is 3.66. The average Bonchev–Trinajstić information content (AvgIpc) is 2.66. The van der Waals surface area contributed by atoms with Crippen molar-refractivity contribution in [3.63, 3.8) is 0 Å². The van der Waals surface area contributed by atoms with Gasteiger partial charge in [-0.3, -0.25) is 0 Å². The van der Waals surface area contributed by atoms with Gasteiger partial charge in [-0.25, -0.2) is 0 Å². The van der Waals surface area contributed by atoms with E-state index in [2.05, 4.69) is 29.5 Å². The van der Waals surface area contributed by atoms with Crippen LogP contribution in [0.25, 0.3) is 0 Å². The Morgan fingerprint density at radius 1 is 1.33 bits per heavy atom. The second-order valence-corrected chi connectivity index (χ2v) is 4.91. The van der Waals surface area contributed by atoms with Crippen LogP contribution in [0.4, 0.5) is 0 Å². The van der Waals surface area contributed by atoms with E-state index in [9.17, 15) is 0 Å². The van der Waals surface area contributed by atoms with E-state index >= 15 is 0 Å². The highest BCUT2D eigenvalue weighted by atomic mass is 14.9. The lowest BCUT2D eigenvalue weighted by Crippen LogP contribution is -2.27. The molecule has 1 aliphatic rings. The summed E-state index contributed by atoms with van der Waals surface area (Å²) in [7, 11) is 0. The number of nitrogens with one attached hydrogen (secondary N) is 2. The van der Waals surface area contributed by atoms with E-state index in [1.807, 2.05) is 6.20 Å². The highest BCUT2D eigenvalue weighted by molar-refractivity contribution is 5.07. The molecule has 2 unspecified atom stereocenters. The van der Waals surface area contributed by atoms with Crippen LogP contribution in [0.5, 0.6) is 0 Å². The molecule has 2 nitrogen and oxygen atoms in total. The third-order valence-electron chi connectivity index (χ3n) is 3.51. The molecular weight excluding hydrogens is 184 g/mol. The molecule has 0 aromatic carbocycles. The maximum atomic E-state index is 3.66. The van der Waals surface area contributed by atoms with Crippen LogP contribution in [-0.2, 0) is 6.54 Å². The first-order valence-electron chi connectivity index (χ1n) is 6.19. The van der Waals surface area contributed by atoms with Crippen LogP contribution in [0, 0.1) is 5.92 Å². The Morgan fingerprint density at radius 2 is 2.27 bits per heavy atom. The molecule has 2 N–H and O–H groups in total. The largest absolute Gasteiger partial charge is 0.367 e. The van der Waals surface area contributed by atoms with Crippen LogP contribution in [-0.4, -0.2) is 11.0 Å². The molecule has 1 heterocycles. The van der Waals surface area contributed by atoms with Gasteiger partial charge in [-0.05, 0) is 36.8 Å². The Labute approximate surface area is 92.5 Å². The van der Waals surface area contributed by atoms with Gasteiger partial charge in [0.2, 0.25) is 0 Å². The molecule has 1 aromatic rings. The van der Waals surface area contributed by atoms with Crippen LogP contribution in [0.3, 0.4) is 0 Å². The van der Waals surface area contributed by atoms with Crippen LogP contribution in [0.2, 0.25) is 0 Å². The van der Waals surface area contributed by atoms with E-state index in [1.165, 1.54) is 37.7 Å². The lowest BCUT2D eigenvalue weighted by Gasteiger charge is -2.15. The fourth-order valence-corrected chi connectivity index (χ4v) is 2.42. The van der Waals surface area contributed by atoms with Gasteiger partial charge in [0.25, 0.3) is 0 Å². The molecule has 0 spiro atoms. The van der Waals surface area contributed by atoms with Gasteiger partial charge in [-0.2, -0.15) is 0 Å². The summed E-state index contributed by atoms with van der Waals surface area (Å²) in [6.07, 6.45) is 11.0. The molecule has 1 saturated carbocycles. The van der Waals surface area contributed by atoms with Crippen molar-refractivity contribution in [1.29, 1.82) is 0 Å². The molecule has 0 saturated heterocycles. The summed E-state index contributed by atoms with van der Waals surface area (Å²) in [6.45, 7) is 3.40. The number of rotatable bonds is 3. The first kappa shape index (κ1) is 10.7. The van der Waals surface area contributed by atoms with Crippen LogP contribution >= 0.6 is 0 Å². The molecule has 84 valence electrons. The second-order valence-electron chi connectivity index (χ2n) is 4.91. The second kappa shape index (κ2) is 5.36. The van der Waals surface area contributed by atoms with Crippen molar-refractivity contribution in [1.82, 2.24) is 10.3 Å². The van der Waals surface area contributed by atoms with E-state index in [0.29, 0.717) is 0 Å². The van der Waals surface area contributed by atoms with Crippen LogP contribution < -0.4 is 5.32 Å². The van der Waals surface area contributed by atoms with Gasteiger partial charge in [-0.15, -0.1) is 0 Å². The topological polar surface area (TPSA) is 27.8 Å². The standard InChI is InChI=1S/C13H22N2/c1-11-3-2-4-13(6-5-11)15-10-12-7-8-14-9-12/h7-9,11,13-15H,2-6,10H2,1H3. The average molecular weight is 206 g/mol. The molecule has 2 heteroatoms. The van der Waals surface area contributed by atoms with E-state index in [-0.39, 0.29) is 0 Å². The minimum atomic E-state index is 0.741. The summed E-state index contributed by atoms with van der Waals surface area (Å²) < 4.78 is 0. The van der Waals surface area contributed by atoms with Gasteiger partial charge >= 0.3 is 0 Å². The fraction of sp³-hybridized carbons (Fsp3) is 0.692. The summed E-state index contributed by atoms with van der Waals surface area (Å²) >= 11 is 0. The molecule has 0 radical (unpaired) electrons. The molecule has 0 amide bonds.